The molecular weight excluding hydrogens is 344 g/mol. The normalized spacial score (nSPS) is 11.0. The average molecular weight is 365 g/mol. The van der Waals surface area contributed by atoms with E-state index in [2.05, 4.69) is 55.7 Å². The second-order valence-electron chi connectivity index (χ2n) is 6.84. The summed E-state index contributed by atoms with van der Waals surface area (Å²) in [6.07, 6.45) is 0. The third kappa shape index (κ3) is 3.53. The Morgan fingerprint density at radius 2 is 1.68 bits per heavy atom. The number of ether oxygens (including phenoxy) is 1. The van der Waals surface area contributed by atoms with Gasteiger partial charge in [0.2, 0.25) is 0 Å². The molecule has 0 amide bonds. The van der Waals surface area contributed by atoms with Crippen LogP contribution in [0.25, 0.3) is 10.1 Å². The standard InChI is InChI=1S/C21H20O2SSi/c1-23-20(22)16-10-6-5-9-15(16)13-14-18-17-11-7-8-12-19(17)24-21(18)25(2,3)4/h5-12H,1-4H3. The molecule has 1 heterocycles. The van der Waals surface area contributed by atoms with Gasteiger partial charge in [-0.2, -0.15) is 0 Å². The number of rotatable bonds is 2. The van der Waals surface area contributed by atoms with Crippen LogP contribution in [0, 0.1) is 11.8 Å². The first-order chi connectivity index (χ1) is 11.9. The summed E-state index contributed by atoms with van der Waals surface area (Å²) in [5.41, 5.74) is 2.32. The molecule has 0 bridgehead atoms. The third-order valence-corrected chi connectivity index (χ3v) is 8.67. The lowest BCUT2D eigenvalue weighted by Crippen LogP contribution is -2.36. The van der Waals surface area contributed by atoms with Crippen LogP contribution in [0.1, 0.15) is 21.5 Å². The number of methoxy groups -OCH3 is 1. The first-order valence-electron chi connectivity index (χ1n) is 8.13. The Hall–Kier alpha value is -2.35. The summed E-state index contributed by atoms with van der Waals surface area (Å²) >= 11 is 1.85. The molecule has 0 unspecified atom stereocenters. The van der Waals surface area contributed by atoms with Crippen molar-refractivity contribution in [2.75, 3.05) is 7.11 Å². The smallest absolute Gasteiger partial charge is 0.339 e. The molecule has 0 saturated carbocycles. The van der Waals surface area contributed by atoms with Crippen molar-refractivity contribution in [3.05, 3.63) is 65.2 Å². The minimum Gasteiger partial charge on any atom is -0.465 e. The second kappa shape index (κ2) is 6.87. The van der Waals surface area contributed by atoms with E-state index in [4.69, 9.17) is 4.74 Å². The molecule has 0 aliphatic heterocycles. The molecule has 2 nitrogen and oxygen atoms in total. The zero-order valence-corrected chi connectivity index (χ0v) is 16.7. The molecule has 25 heavy (non-hydrogen) atoms. The van der Waals surface area contributed by atoms with Crippen molar-refractivity contribution in [3.8, 4) is 11.8 Å². The van der Waals surface area contributed by atoms with Gasteiger partial charge in [0.25, 0.3) is 0 Å². The van der Waals surface area contributed by atoms with Crippen LogP contribution in [0.2, 0.25) is 19.6 Å². The predicted octanol–water partition coefficient (Wildman–Crippen LogP) is 4.63. The number of esters is 1. The summed E-state index contributed by atoms with van der Waals surface area (Å²) in [5.74, 6) is 6.22. The first-order valence-corrected chi connectivity index (χ1v) is 12.4. The van der Waals surface area contributed by atoms with E-state index < -0.39 is 8.07 Å². The fourth-order valence-electron chi connectivity index (χ4n) is 2.71. The van der Waals surface area contributed by atoms with Gasteiger partial charge < -0.3 is 4.74 Å². The Morgan fingerprint density at radius 1 is 1.00 bits per heavy atom. The number of carbonyl (C=O) groups excluding carboxylic acids is 1. The molecule has 0 aliphatic rings. The van der Waals surface area contributed by atoms with Gasteiger partial charge in [-0.25, -0.2) is 4.79 Å². The number of hydrogen-bond acceptors (Lipinski definition) is 3. The van der Waals surface area contributed by atoms with Crippen LogP contribution in [0.4, 0.5) is 0 Å². The van der Waals surface area contributed by atoms with Crippen LogP contribution in [0.3, 0.4) is 0 Å². The van der Waals surface area contributed by atoms with Gasteiger partial charge in [0.15, 0.2) is 0 Å². The number of benzene rings is 2. The number of fused-ring (bicyclic) bond motifs is 1. The minimum absolute atomic E-state index is 0.356. The van der Waals surface area contributed by atoms with Crippen LogP contribution in [0.5, 0.6) is 0 Å². The Labute approximate surface area is 153 Å². The van der Waals surface area contributed by atoms with Crippen LogP contribution in [-0.4, -0.2) is 21.2 Å². The summed E-state index contributed by atoms with van der Waals surface area (Å²) in [7, 11) is -0.126. The highest BCUT2D eigenvalue weighted by molar-refractivity contribution is 7.31. The first kappa shape index (κ1) is 17.5. The number of carbonyl (C=O) groups is 1. The third-order valence-electron chi connectivity index (χ3n) is 3.93. The van der Waals surface area contributed by atoms with Gasteiger partial charge in [0.05, 0.1) is 20.7 Å². The van der Waals surface area contributed by atoms with E-state index in [1.807, 2.05) is 29.5 Å². The van der Waals surface area contributed by atoms with E-state index in [1.54, 1.807) is 6.07 Å². The Bertz CT molecular complexity index is 1000. The van der Waals surface area contributed by atoms with Crippen molar-refractivity contribution in [1.29, 1.82) is 0 Å². The minimum atomic E-state index is -1.52. The Balaban J connectivity index is 2.18. The van der Waals surface area contributed by atoms with Crippen molar-refractivity contribution in [1.82, 2.24) is 0 Å². The SMILES string of the molecule is COC(=O)c1ccccc1C#Cc1c([Si](C)(C)C)sc2ccccc12. The fraction of sp³-hybridized carbons (Fsp3) is 0.190. The van der Waals surface area contributed by atoms with E-state index in [-0.39, 0.29) is 5.97 Å². The zero-order chi connectivity index (χ0) is 18.0. The maximum Gasteiger partial charge on any atom is 0.339 e. The van der Waals surface area contributed by atoms with Gasteiger partial charge in [-0.05, 0) is 18.2 Å². The molecule has 2 aromatic carbocycles. The van der Waals surface area contributed by atoms with E-state index in [9.17, 15) is 4.79 Å². The van der Waals surface area contributed by atoms with Crippen LogP contribution in [0.15, 0.2) is 48.5 Å². The van der Waals surface area contributed by atoms with Gasteiger partial charge in [-0.3, -0.25) is 0 Å². The Kier molecular flexibility index (Phi) is 4.80. The summed E-state index contributed by atoms with van der Waals surface area (Å²) < 4.78 is 7.53. The number of hydrogen-bond donors (Lipinski definition) is 0. The molecule has 3 rings (SSSR count). The van der Waals surface area contributed by atoms with Crippen LogP contribution in [-0.2, 0) is 4.74 Å². The largest absolute Gasteiger partial charge is 0.465 e. The molecule has 126 valence electrons. The molecule has 1 aromatic heterocycles. The van der Waals surface area contributed by atoms with Crippen LogP contribution < -0.4 is 4.50 Å². The monoisotopic (exact) mass is 364 g/mol. The quantitative estimate of drug-likeness (QED) is 0.376. The maximum absolute atomic E-state index is 12.0. The van der Waals surface area contributed by atoms with Gasteiger partial charge in [0, 0.05) is 25.7 Å². The fourth-order valence-corrected chi connectivity index (χ4v) is 6.12. The molecule has 3 aromatic rings. The molecule has 0 fully saturated rings. The highest BCUT2D eigenvalue weighted by Crippen LogP contribution is 2.26. The van der Waals surface area contributed by atoms with Crippen molar-refractivity contribution in [2.45, 2.75) is 19.6 Å². The summed E-state index contributed by atoms with van der Waals surface area (Å²) in [4.78, 5) is 12.0. The lowest BCUT2D eigenvalue weighted by atomic mass is 10.1. The topological polar surface area (TPSA) is 26.3 Å². The maximum atomic E-state index is 12.0. The lowest BCUT2D eigenvalue weighted by molar-refractivity contribution is 0.0600. The summed E-state index contributed by atoms with van der Waals surface area (Å²) in [6.45, 7) is 7.02. The molecule has 0 N–H and O–H groups in total. The highest BCUT2D eigenvalue weighted by Gasteiger charge is 2.24. The molecule has 0 radical (unpaired) electrons. The summed E-state index contributed by atoms with van der Waals surface area (Å²) in [5, 5.41) is 1.20. The Morgan fingerprint density at radius 3 is 2.40 bits per heavy atom. The van der Waals surface area contributed by atoms with Gasteiger partial charge in [-0.1, -0.05) is 61.8 Å². The zero-order valence-electron chi connectivity index (χ0n) is 14.8. The molecule has 0 spiro atoms. The van der Waals surface area contributed by atoms with E-state index in [0.29, 0.717) is 11.1 Å². The van der Waals surface area contributed by atoms with E-state index in [0.717, 1.165) is 5.56 Å². The summed E-state index contributed by atoms with van der Waals surface area (Å²) in [6, 6.07) is 15.7. The van der Waals surface area contributed by atoms with E-state index >= 15 is 0 Å². The van der Waals surface area contributed by atoms with Crippen LogP contribution >= 0.6 is 11.3 Å². The van der Waals surface area contributed by atoms with Crippen molar-refractivity contribution < 1.29 is 9.53 Å². The van der Waals surface area contributed by atoms with Crippen molar-refractivity contribution in [2.24, 2.45) is 0 Å². The predicted molar refractivity (Wildman–Crippen MR) is 109 cm³/mol. The second-order valence-corrected chi connectivity index (χ2v) is 13.3. The van der Waals surface area contributed by atoms with Crippen molar-refractivity contribution >= 4 is 40.0 Å². The van der Waals surface area contributed by atoms with Gasteiger partial charge in [0.1, 0.15) is 0 Å². The molecule has 0 saturated heterocycles. The average Bonchev–Trinajstić information content (AvgIpc) is 2.98. The molecule has 0 atom stereocenters. The lowest BCUT2D eigenvalue weighted by Gasteiger charge is -2.14. The molecular formula is C21H20O2SSi. The molecule has 4 heteroatoms. The van der Waals surface area contributed by atoms with Gasteiger partial charge in [-0.15, -0.1) is 11.3 Å². The van der Waals surface area contributed by atoms with Crippen molar-refractivity contribution in [3.63, 3.8) is 0 Å². The highest BCUT2D eigenvalue weighted by atomic mass is 32.1. The molecule has 0 aliphatic carbocycles. The van der Waals surface area contributed by atoms with Gasteiger partial charge >= 0.3 is 5.97 Å². The number of thiophene rings is 1. The van der Waals surface area contributed by atoms with E-state index in [1.165, 1.54) is 21.7 Å².